The summed E-state index contributed by atoms with van der Waals surface area (Å²) < 4.78 is 12.6. The van der Waals surface area contributed by atoms with Gasteiger partial charge in [0, 0.05) is 0 Å². The predicted octanol–water partition coefficient (Wildman–Crippen LogP) is -0.0889. The normalized spacial score (nSPS) is 14.2. The molecule has 2 N–H and O–H groups in total. The largest absolute Gasteiger partial charge is 1.00 e. The van der Waals surface area contributed by atoms with Gasteiger partial charge < -0.3 is 31.9 Å². The van der Waals surface area contributed by atoms with E-state index in [1.165, 1.54) is 32.4 Å². The van der Waals surface area contributed by atoms with Crippen molar-refractivity contribution in [3.8, 4) is 28.6 Å². The number of benzene rings is 2. The van der Waals surface area contributed by atoms with Crippen molar-refractivity contribution in [1.29, 1.82) is 0 Å². The van der Waals surface area contributed by atoms with Crippen LogP contribution in [0.5, 0.6) is 17.2 Å². The van der Waals surface area contributed by atoms with E-state index in [-0.39, 0.29) is 18.2 Å². The molecule has 1 saturated heterocycles. The minimum atomic E-state index is 0. The SMILES string of the molecule is COc1ccc(/C=C/c2nc(-c3ccccc3O)n(CC[NH+]3CCCCC3)n2)cc1OC.[Cl-]. The van der Waals surface area contributed by atoms with Gasteiger partial charge in [0.1, 0.15) is 5.75 Å². The van der Waals surface area contributed by atoms with Crippen LogP contribution < -0.4 is 26.8 Å². The molecule has 0 bridgehead atoms. The first-order valence-corrected chi connectivity index (χ1v) is 11.1. The number of ether oxygens (including phenoxy) is 2. The first-order valence-electron chi connectivity index (χ1n) is 11.1. The molecule has 1 aliphatic heterocycles. The van der Waals surface area contributed by atoms with Crippen molar-refractivity contribution in [2.24, 2.45) is 0 Å². The average Bonchev–Trinajstić information content (AvgIpc) is 3.25. The Balaban J connectivity index is 0.00000306. The molecule has 0 saturated carbocycles. The monoisotopic (exact) mass is 470 g/mol. The highest BCUT2D eigenvalue weighted by molar-refractivity contribution is 5.70. The van der Waals surface area contributed by atoms with Crippen molar-refractivity contribution in [2.45, 2.75) is 25.8 Å². The number of hydrogen-bond donors (Lipinski definition) is 2. The summed E-state index contributed by atoms with van der Waals surface area (Å²) in [5, 5.41) is 15.1. The highest BCUT2D eigenvalue weighted by Gasteiger charge is 2.18. The first kappa shape index (κ1) is 24.6. The van der Waals surface area contributed by atoms with E-state index in [0.717, 1.165) is 18.7 Å². The average molecular weight is 471 g/mol. The van der Waals surface area contributed by atoms with E-state index in [9.17, 15) is 5.11 Å². The van der Waals surface area contributed by atoms with Gasteiger partial charge in [0.05, 0.1) is 46.0 Å². The molecular formula is C25H31ClN4O3. The van der Waals surface area contributed by atoms with Gasteiger partial charge in [-0.25, -0.2) is 9.67 Å². The summed E-state index contributed by atoms with van der Waals surface area (Å²) in [7, 11) is 3.24. The van der Waals surface area contributed by atoms with Crippen molar-refractivity contribution >= 4 is 12.2 Å². The molecule has 176 valence electrons. The van der Waals surface area contributed by atoms with Crippen LogP contribution in [0.4, 0.5) is 0 Å². The third-order valence-electron chi connectivity index (χ3n) is 5.90. The number of phenolic OH excluding ortho intramolecular Hbond substituents is 1. The number of phenols is 1. The number of likely N-dealkylation sites (tertiary alicyclic amines) is 1. The lowest BCUT2D eigenvalue weighted by molar-refractivity contribution is -0.905. The number of halogens is 1. The van der Waals surface area contributed by atoms with Gasteiger partial charge in [0.25, 0.3) is 0 Å². The van der Waals surface area contributed by atoms with Crippen molar-refractivity contribution in [2.75, 3.05) is 33.9 Å². The fourth-order valence-electron chi connectivity index (χ4n) is 4.14. The number of aromatic hydroxyl groups is 1. The van der Waals surface area contributed by atoms with Gasteiger partial charge in [-0.2, -0.15) is 5.10 Å². The quantitative estimate of drug-likeness (QED) is 0.481. The Morgan fingerprint density at radius 2 is 1.76 bits per heavy atom. The summed E-state index contributed by atoms with van der Waals surface area (Å²) in [6.45, 7) is 4.19. The van der Waals surface area contributed by atoms with E-state index < -0.39 is 0 Å². The van der Waals surface area contributed by atoms with E-state index in [2.05, 4.69) is 0 Å². The molecule has 33 heavy (non-hydrogen) atoms. The zero-order chi connectivity index (χ0) is 22.3. The Kier molecular flexibility index (Phi) is 8.74. The molecule has 1 fully saturated rings. The third-order valence-corrected chi connectivity index (χ3v) is 5.90. The summed E-state index contributed by atoms with van der Waals surface area (Å²) in [5.41, 5.74) is 1.65. The van der Waals surface area contributed by atoms with Crippen LogP contribution in [0, 0.1) is 0 Å². The van der Waals surface area contributed by atoms with Crippen LogP contribution in [-0.4, -0.2) is 53.7 Å². The van der Waals surface area contributed by atoms with Crippen molar-refractivity contribution < 1.29 is 31.9 Å². The summed E-state index contributed by atoms with van der Waals surface area (Å²) in [6, 6.07) is 13.0. The van der Waals surface area contributed by atoms with Crippen LogP contribution >= 0.6 is 0 Å². The van der Waals surface area contributed by atoms with Crippen molar-refractivity contribution in [1.82, 2.24) is 14.8 Å². The Labute approximate surface area is 201 Å². The Bertz CT molecular complexity index is 1080. The number of hydrogen-bond acceptors (Lipinski definition) is 5. The molecule has 0 radical (unpaired) electrons. The highest BCUT2D eigenvalue weighted by atomic mass is 35.5. The second-order valence-corrected chi connectivity index (χ2v) is 8.04. The van der Waals surface area contributed by atoms with E-state index in [1.807, 2.05) is 53.2 Å². The van der Waals surface area contributed by atoms with Crippen LogP contribution in [0.1, 0.15) is 30.7 Å². The van der Waals surface area contributed by atoms with Crippen LogP contribution in [0.3, 0.4) is 0 Å². The fraction of sp³-hybridized carbons (Fsp3) is 0.360. The van der Waals surface area contributed by atoms with Crippen LogP contribution in [-0.2, 0) is 6.54 Å². The summed E-state index contributed by atoms with van der Waals surface area (Å²) in [4.78, 5) is 6.34. The van der Waals surface area contributed by atoms with Crippen molar-refractivity contribution in [3.63, 3.8) is 0 Å². The highest BCUT2D eigenvalue weighted by Crippen LogP contribution is 2.29. The molecule has 0 atom stereocenters. The van der Waals surface area contributed by atoms with Gasteiger partial charge >= 0.3 is 0 Å². The molecule has 1 aliphatic rings. The maximum atomic E-state index is 10.4. The van der Waals surface area contributed by atoms with Crippen molar-refractivity contribution in [3.05, 3.63) is 53.9 Å². The molecule has 1 aromatic heterocycles. The molecule has 3 aromatic rings. The van der Waals surface area contributed by atoms with Gasteiger partial charge in [0.2, 0.25) is 0 Å². The molecule has 4 rings (SSSR count). The number of quaternary nitrogens is 1. The fourth-order valence-corrected chi connectivity index (χ4v) is 4.14. The van der Waals surface area contributed by atoms with Gasteiger partial charge in [-0.05, 0) is 55.2 Å². The summed E-state index contributed by atoms with van der Waals surface area (Å²) >= 11 is 0. The van der Waals surface area contributed by atoms with E-state index >= 15 is 0 Å². The van der Waals surface area contributed by atoms with Crippen LogP contribution in [0.2, 0.25) is 0 Å². The van der Waals surface area contributed by atoms with E-state index in [4.69, 9.17) is 19.6 Å². The maximum Gasteiger partial charge on any atom is 0.174 e. The number of aromatic nitrogens is 3. The first-order chi connectivity index (χ1) is 15.7. The topological polar surface area (TPSA) is 73.8 Å². The molecular weight excluding hydrogens is 440 g/mol. The number of piperidine rings is 1. The number of methoxy groups -OCH3 is 2. The second kappa shape index (κ2) is 11.7. The predicted molar refractivity (Wildman–Crippen MR) is 125 cm³/mol. The summed E-state index contributed by atoms with van der Waals surface area (Å²) in [5.74, 6) is 2.86. The lowest BCUT2D eigenvalue weighted by atomic mass is 10.1. The maximum absolute atomic E-state index is 10.4. The molecule has 8 heteroatoms. The Hall–Kier alpha value is -3.03. The van der Waals surface area contributed by atoms with Gasteiger partial charge in [0.15, 0.2) is 23.1 Å². The molecule has 0 amide bonds. The zero-order valence-electron chi connectivity index (χ0n) is 19.1. The zero-order valence-corrected chi connectivity index (χ0v) is 19.9. The molecule has 0 spiro atoms. The van der Waals surface area contributed by atoms with E-state index in [0.29, 0.717) is 28.7 Å². The minimum Gasteiger partial charge on any atom is -1.00 e. The molecule has 0 unspecified atom stereocenters. The Morgan fingerprint density at radius 1 is 1.00 bits per heavy atom. The lowest BCUT2D eigenvalue weighted by Gasteiger charge is -2.23. The number of nitrogens with zero attached hydrogens (tertiary/aromatic N) is 3. The summed E-state index contributed by atoms with van der Waals surface area (Å²) in [6.07, 6.45) is 7.75. The molecule has 0 aliphatic carbocycles. The minimum absolute atomic E-state index is 0. The molecule has 7 nitrogen and oxygen atoms in total. The second-order valence-electron chi connectivity index (χ2n) is 8.04. The smallest absolute Gasteiger partial charge is 0.174 e. The van der Waals surface area contributed by atoms with Gasteiger partial charge in [-0.1, -0.05) is 24.3 Å². The Morgan fingerprint density at radius 3 is 2.48 bits per heavy atom. The standard InChI is InChI=1S/C25H30N4O3.ClH/c1-31-22-12-10-19(18-23(22)32-2)11-13-24-26-25(20-8-4-5-9-21(20)30)29(27-24)17-16-28-14-6-3-7-15-28;/h4-5,8-13,18,30H,3,6-7,14-17H2,1-2H3;1H/b13-11+;. The number of rotatable bonds is 8. The van der Waals surface area contributed by atoms with Gasteiger partial charge in [-0.3, -0.25) is 0 Å². The van der Waals surface area contributed by atoms with Gasteiger partial charge in [-0.15, -0.1) is 0 Å². The lowest BCUT2D eigenvalue weighted by Crippen LogP contribution is -3.13. The third kappa shape index (κ3) is 6.06. The number of nitrogens with one attached hydrogen (secondary N) is 1. The number of para-hydroxylation sites is 1. The van der Waals surface area contributed by atoms with Crippen LogP contribution in [0.25, 0.3) is 23.5 Å². The molecule has 2 aromatic carbocycles. The molecule has 2 heterocycles. The van der Waals surface area contributed by atoms with E-state index in [1.54, 1.807) is 25.2 Å². The van der Waals surface area contributed by atoms with Crippen LogP contribution in [0.15, 0.2) is 42.5 Å².